The number of carbonyl (C=O) groups excluding carboxylic acids is 1. The average Bonchev–Trinajstić information content (AvgIpc) is 3.30. The number of fused-ring (bicyclic) bond motifs is 2. The number of carbonyl (C=O) groups is 1. The van der Waals surface area contributed by atoms with Gasteiger partial charge in [0.15, 0.2) is 0 Å². The Hall–Kier alpha value is -4.07. The molecule has 2 aromatic carbocycles. The molecule has 1 aliphatic carbocycles. The molecular weight excluding hydrogens is 398 g/mol. The van der Waals surface area contributed by atoms with Crippen LogP contribution >= 0.6 is 0 Å². The van der Waals surface area contributed by atoms with E-state index in [2.05, 4.69) is 10.3 Å². The van der Waals surface area contributed by atoms with E-state index in [9.17, 15) is 19.5 Å². The van der Waals surface area contributed by atoms with E-state index < -0.39 is 17.2 Å². The van der Waals surface area contributed by atoms with E-state index in [0.29, 0.717) is 18.5 Å². The maximum absolute atomic E-state index is 13.2. The van der Waals surface area contributed by atoms with Crippen LogP contribution in [0.3, 0.4) is 0 Å². The van der Waals surface area contributed by atoms with Crippen molar-refractivity contribution in [3.63, 3.8) is 0 Å². The number of amides is 1. The fraction of sp³-hybridized carbons (Fsp3) is 0.174. The molecule has 0 radical (unpaired) electrons. The molecule has 31 heavy (non-hydrogen) atoms. The fourth-order valence-corrected chi connectivity index (χ4v) is 4.29. The quantitative estimate of drug-likeness (QED) is 0.474. The van der Waals surface area contributed by atoms with Crippen molar-refractivity contribution in [2.75, 3.05) is 0 Å². The van der Waals surface area contributed by atoms with Crippen LogP contribution in [-0.4, -0.2) is 20.6 Å². The summed E-state index contributed by atoms with van der Waals surface area (Å²) in [6.07, 6.45) is 1.28. The number of aromatic nitrogens is 2. The number of para-hydroxylation sites is 1. The predicted molar refractivity (Wildman–Crippen MR) is 114 cm³/mol. The van der Waals surface area contributed by atoms with E-state index in [1.807, 2.05) is 6.07 Å². The van der Waals surface area contributed by atoms with Gasteiger partial charge in [0, 0.05) is 0 Å². The summed E-state index contributed by atoms with van der Waals surface area (Å²) in [7, 11) is 0. The molecule has 0 saturated heterocycles. The van der Waals surface area contributed by atoms with Crippen molar-refractivity contribution in [3.8, 4) is 11.4 Å². The number of aromatic amines is 1. The number of nitrogens with one attached hydrogen (secondary N) is 2. The van der Waals surface area contributed by atoms with Gasteiger partial charge in [0.1, 0.15) is 16.9 Å². The number of aryl methyl sites for hydroxylation is 1. The summed E-state index contributed by atoms with van der Waals surface area (Å²) in [5, 5.41) is 13.0. The monoisotopic (exact) mass is 417 g/mol. The van der Waals surface area contributed by atoms with Crippen molar-refractivity contribution in [2.45, 2.75) is 25.8 Å². The molecule has 3 N–H and O–H groups in total. The van der Waals surface area contributed by atoms with Gasteiger partial charge in [-0.05, 0) is 49.1 Å². The van der Waals surface area contributed by atoms with Crippen LogP contribution < -0.4 is 16.6 Å². The zero-order valence-electron chi connectivity index (χ0n) is 16.6. The van der Waals surface area contributed by atoms with Crippen LogP contribution in [-0.2, 0) is 6.42 Å². The first-order chi connectivity index (χ1) is 15.0. The van der Waals surface area contributed by atoms with Crippen molar-refractivity contribution in [3.05, 3.63) is 91.8 Å². The molecule has 0 bridgehead atoms. The number of furan rings is 1. The van der Waals surface area contributed by atoms with Gasteiger partial charge >= 0.3 is 5.69 Å². The lowest BCUT2D eigenvalue weighted by molar-refractivity contribution is 0.0936. The molecule has 4 aromatic rings. The second-order valence-corrected chi connectivity index (χ2v) is 7.55. The summed E-state index contributed by atoms with van der Waals surface area (Å²) in [4.78, 5) is 41.5. The maximum atomic E-state index is 13.2. The molecule has 5 rings (SSSR count). The average molecular weight is 417 g/mol. The first-order valence-electron chi connectivity index (χ1n) is 9.91. The molecule has 1 amide bonds. The number of hydrogen-bond donors (Lipinski definition) is 3. The van der Waals surface area contributed by atoms with E-state index in [1.165, 1.54) is 0 Å². The van der Waals surface area contributed by atoms with Crippen LogP contribution in [0.1, 0.15) is 39.7 Å². The minimum atomic E-state index is -0.649. The topological polar surface area (TPSA) is 117 Å². The molecule has 0 aliphatic heterocycles. The van der Waals surface area contributed by atoms with Gasteiger partial charge in [-0.2, -0.15) is 0 Å². The highest BCUT2D eigenvalue weighted by Gasteiger charge is 2.29. The van der Waals surface area contributed by atoms with Crippen LogP contribution in [0.4, 0.5) is 0 Å². The Morgan fingerprint density at radius 1 is 1.16 bits per heavy atom. The van der Waals surface area contributed by atoms with Gasteiger partial charge in [-0.25, -0.2) is 9.36 Å². The number of rotatable bonds is 3. The first-order valence-corrected chi connectivity index (χ1v) is 9.91. The van der Waals surface area contributed by atoms with Crippen molar-refractivity contribution < 1.29 is 14.3 Å². The third-order valence-corrected chi connectivity index (χ3v) is 5.72. The van der Waals surface area contributed by atoms with Crippen LogP contribution in [0.25, 0.3) is 16.8 Å². The Kier molecular flexibility index (Phi) is 4.28. The lowest BCUT2D eigenvalue weighted by atomic mass is 10.1. The zero-order valence-corrected chi connectivity index (χ0v) is 16.6. The fourth-order valence-electron chi connectivity index (χ4n) is 4.29. The van der Waals surface area contributed by atoms with Crippen LogP contribution in [0.5, 0.6) is 5.75 Å². The lowest BCUT2D eigenvalue weighted by Crippen LogP contribution is -2.35. The molecular formula is C23H19N3O5. The molecule has 1 atom stereocenters. The number of phenolic OH excluding ortho intramolecular Hbond substituents is 1. The zero-order chi connectivity index (χ0) is 21.7. The summed E-state index contributed by atoms with van der Waals surface area (Å²) < 4.78 is 6.54. The molecule has 156 valence electrons. The highest BCUT2D eigenvalue weighted by Crippen LogP contribution is 2.36. The van der Waals surface area contributed by atoms with E-state index in [4.69, 9.17) is 4.42 Å². The van der Waals surface area contributed by atoms with Crippen molar-refractivity contribution in [1.82, 2.24) is 14.9 Å². The highest BCUT2D eigenvalue weighted by atomic mass is 16.3. The van der Waals surface area contributed by atoms with E-state index in [0.717, 1.165) is 15.7 Å². The third-order valence-electron chi connectivity index (χ3n) is 5.72. The van der Waals surface area contributed by atoms with Crippen molar-refractivity contribution in [2.24, 2.45) is 0 Å². The third kappa shape index (κ3) is 2.95. The van der Waals surface area contributed by atoms with Crippen LogP contribution in [0.15, 0.2) is 62.5 Å². The Morgan fingerprint density at radius 3 is 2.71 bits per heavy atom. The molecule has 0 spiro atoms. The molecule has 1 aliphatic rings. The summed E-state index contributed by atoms with van der Waals surface area (Å²) in [5.41, 5.74) is 0.845. The highest BCUT2D eigenvalue weighted by molar-refractivity contribution is 6.06. The van der Waals surface area contributed by atoms with Gasteiger partial charge in [-0.15, -0.1) is 0 Å². The number of nitrogens with zero attached hydrogens (tertiary/aromatic N) is 1. The van der Waals surface area contributed by atoms with E-state index in [1.54, 1.807) is 49.4 Å². The summed E-state index contributed by atoms with van der Waals surface area (Å²) in [5.74, 6) is -0.0242. The molecule has 2 aromatic heterocycles. The Morgan fingerprint density at radius 2 is 1.94 bits per heavy atom. The SMILES string of the molecule is Cc1oc2[nH]c(=O)n(-c3ccccc3)c(=O)c2c1C(=O)NC1CCc2c(O)cccc21. The van der Waals surface area contributed by atoms with Gasteiger partial charge in [-0.1, -0.05) is 30.3 Å². The number of aromatic hydroxyl groups is 1. The summed E-state index contributed by atoms with van der Waals surface area (Å²) in [6.45, 7) is 1.58. The lowest BCUT2D eigenvalue weighted by Gasteiger charge is -2.14. The van der Waals surface area contributed by atoms with Gasteiger partial charge in [0.25, 0.3) is 11.5 Å². The first kappa shape index (κ1) is 18.9. The molecule has 8 nitrogen and oxygen atoms in total. The van der Waals surface area contributed by atoms with Gasteiger partial charge < -0.3 is 14.8 Å². The smallest absolute Gasteiger partial charge is 0.335 e. The van der Waals surface area contributed by atoms with Gasteiger partial charge in [0.05, 0.1) is 17.3 Å². The maximum Gasteiger partial charge on any atom is 0.335 e. The summed E-state index contributed by atoms with van der Waals surface area (Å²) >= 11 is 0. The number of hydrogen-bond acceptors (Lipinski definition) is 5. The van der Waals surface area contributed by atoms with E-state index in [-0.39, 0.29) is 34.2 Å². The molecule has 2 heterocycles. The standard InChI is InChI=1S/C23H19N3O5/c1-12-18(20(28)24-16-11-10-15-14(16)8-5-9-17(15)27)19-21(31-12)25-23(30)26(22(19)29)13-6-3-2-4-7-13/h2-9,16,27H,10-11H2,1H3,(H,24,28)(H,25,30). The second kappa shape index (κ2) is 7.02. The normalized spacial score (nSPS) is 15.2. The summed E-state index contributed by atoms with van der Waals surface area (Å²) in [6, 6.07) is 13.4. The molecule has 1 unspecified atom stereocenters. The van der Waals surface area contributed by atoms with Crippen LogP contribution in [0.2, 0.25) is 0 Å². The number of phenols is 1. The molecule has 0 saturated carbocycles. The van der Waals surface area contributed by atoms with Gasteiger partial charge in [0.2, 0.25) is 5.71 Å². The minimum absolute atomic E-state index is 0.0209. The van der Waals surface area contributed by atoms with Gasteiger partial charge in [-0.3, -0.25) is 14.6 Å². The second-order valence-electron chi connectivity index (χ2n) is 7.55. The largest absolute Gasteiger partial charge is 0.508 e. The Bertz CT molecular complexity index is 1450. The predicted octanol–water partition coefficient (Wildman–Crippen LogP) is 2.70. The van der Waals surface area contributed by atoms with Crippen molar-refractivity contribution in [1.29, 1.82) is 0 Å². The molecule has 0 fully saturated rings. The Balaban J connectivity index is 1.60. The Labute approximate surface area is 175 Å². The van der Waals surface area contributed by atoms with E-state index >= 15 is 0 Å². The minimum Gasteiger partial charge on any atom is -0.508 e. The number of benzene rings is 2. The van der Waals surface area contributed by atoms with Crippen molar-refractivity contribution >= 4 is 17.0 Å². The molecule has 8 heteroatoms. The number of H-pyrrole nitrogens is 1. The van der Waals surface area contributed by atoms with Crippen LogP contribution in [0, 0.1) is 6.92 Å².